The first kappa shape index (κ1) is 21.3. The van der Waals surface area contributed by atoms with E-state index in [4.69, 9.17) is 4.74 Å². The van der Waals surface area contributed by atoms with Gasteiger partial charge in [-0.25, -0.2) is 0 Å². The number of hydrogen-bond donors (Lipinski definition) is 0. The molecule has 0 aliphatic carbocycles. The van der Waals surface area contributed by atoms with E-state index in [-0.39, 0.29) is 5.78 Å². The van der Waals surface area contributed by atoms with Crippen molar-refractivity contribution < 1.29 is 9.53 Å². The molecule has 2 saturated heterocycles. The molecule has 3 heterocycles. The molecule has 0 bridgehead atoms. The van der Waals surface area contributed by atoms with Gasteiger partial charge in [0.2, 0.25) is 0 Å². The van der Waals surface area contributed by atoms with Gasteiger partial charge < -0.3 is 9.30 Å². The number of piperazine rings is 1. The molecule has 0 spiro atoms. The lowest BCUT2D eigenvalue weighted by Crippen LogP contribution is -2.47. The first-order valence-corrected chi connectivity index (χ1v) is 11.3. The smallest absolute Gasteiger partial charge is 0.178 e. The third-order valence-corrected chi connectivity index (χ3v) is 6.61. The minimum absolute atomic E-state index is 0.244. The highest BCUT2D eigenvalue weighted by Gasteiger charge is 2.24. The van der Waals surface area contributed by atoms with Crippen molar-refractivity contribution in [2.75, 3.05) is 39.3 Å². The van der Waals surface area contributed by atoms with E-state index in [0.29, 0.717) is 12.6 Å². The maximum Gasteiger partial charge on any atom is 0.178 e. The van der Waals surface area contributed by atoms with Gasteiger partial charge in [0, 0.05) is 62.8 Å². The zero-order valence-corrected chi connectivity index (χ0v) is 18.7. The van der Waals surface area contributed by atoms with Gasteiger partial charge >= 0.3 is 0 Å². The molecule has 4 rings (SSSR count). The molecular formula is C25H35N3O2. The summed E-state index contributed by atoms with van der Waals surface area (Å²) in [6, 6.07) is 10.8. The maximum absolute atomic E-state index is 13.0. The van der Waals surface area contributed by atoms with E-state index >= 15 is 0 Å². The van der Waals surface area contributed by atoms with Crippen LogP contribution in [-0.4, -0.2) is 65.6 Å². The molecule has 5 nitrogen and oxygen atoms in total. The molecule has 162 valence electrons. The number of nitrogens with zero attached hydrogens (tertiary/aromatic N) is 3. The lowest BCUT2D eigenvalue weighted by Gasteiger charge is -2.34. The molecular weight excluding hydrogens is 374 g/mol. The standard InChI is InChI=1S/C25H35N3O2/c1-19-6-4-7-22(14-19)16-26-9-11-27(12-10-26)18-25(29)24-15-20(2)28(21(24)3)17-23-8-5-13-30-23/h4,6-7,14-15,23H,5,8-13,16-18H2,1-3H3/t23-/m1/s1. The van der Waals surface area contributed by atoms with Crippen LogP contribution >= 0.6 is 0 Å². The van der Waals surface area contributed by atoms with Gasteiger partial charge in [-0.2, -0.15) is 0 Å². The molecule has 1 atom stereocenters. The highest BCUT2D eigenvalue weighted by atomic mass is 16.5. The molecule has 1 aromatic heterocycles. The fourth-order valence-corrected chi connectivity index (χ4v) is 4.82. The number of ketones is 1. The summed E-state index contributed by atoms with van der Waals surface area (Å²) in [5.74, 6) is 0.244. The summed E-state index contributed by atoms with van der Waals surface area (Å²) in [7, 11) is 0. The van der Waals surface area contributed by atoms with Crippen LogP contribution in [0.5, 0.6) is 0 Å². The second kappa shape index (κ2) is 9.46. The maximum atomic E-state index is 13.0. The van der Waals surface area contributed by atoms with Gasteiger partial charge in [0.15, 0.2) is 5.78 Å². The third-order valence-electron chi connectivity index (χ3n) is 6.61. The molecule has 0 N–H and O–H groups in total. The van der Waals surface area contributed by atoms with Gasteiger partial charge in [-0.1, -0.05) is 29.8 Å². The Kier molecular flexibility index (Phi) is 6.71. The van der Waals surface area contributed by atoms with Gasteiger partial charge in [-0.05, 0) is 45.2 Å². The highest BCUT2D eigenvalue weighted by Crippen LogP contribution is 2.21. The Labute approximate surface area is 180 Å². The van der Waals surface area contributed by atoms with E-state index in [2.05, 4.69) is 65.5 Å². The molecule has 0 unspecified atom stereocenters. The number of ether oxygens (including phenoxy) is 1. The van der Waals surface area contributed by atoms with Gasteiger partial charge in [-0.15, -0.1) is 0 Å². The molecule has 2 fully saturated rings. The van der Waals surface area contributed by atoms with Crippen molar-refractivity contribution in [3.05, 3.63) is 58.4 Å². The zero-order chi connectivity index (χ0) is 21.1. The number of Topliss-reactive ketones (excluding diaryl/α,β-unsaturated/α-hetero) is 1. The lowest BCUT2D eigenvalue weighted by atomic mass is 10.1. The van der Waals surface area contributed by atoms with Crippen LogP contribution < -0.4 is 0 Å². The van der Waals surface area contributed by atoms with E-state index in [1.165, 1.54) is 11.1 Å². The molecule has 30 heavy (non-hydrogen) atoms. The number of carbonyl (C=O) groups excluding carboxylic acids is 1. The van der Waals surface area contributed by atoms with Crippen molar-refractivity contribution >= 4 is 5.78 Å². The Morgan fingerprint density at radius 3 is 2.53 bits per heavy atom. The highest BCUT2D eigenvalue weighted by molar-refractivity contribution is 5.99. The number of aryl methyl sites for hydroxylation is 2. The summed E-state index contributed by atoms with van der Waals surface area (Å²) < 4.78 is 8.07. The molecule has 2 aromatic rings. The normalized spacial score (nSPS) is 20.7. The fraction of sp³-hybridized carbons (Fsp3) is 0.560. The topological polar surface area (TPSA) is 37.7 Å². The molecule has 0 saturated carbocycles. The molecule has 0 amide bonds. The summed E-state index contributed by atoms with van der Waals surface area (Å²) in [4.78, 5) is 17.8. The van der Waals surface area contributed by atoms with Gasteiger partial charge in [-0.3, -0.25) is 14.6 Å². The second-order valence-electron chi connectivity index (χ2n) is 8.99. The Balaban J connectivity index is 1.30. The van der Waals surface area contributed by atoms with Crippen molar-refractivity contribution in [1.82, 2.24) is 14.4 Å². The van der Waals surface area contributed by atoms with Crippen LogP contribution in [0.3, 0.4) is 0 Å². The average Bonchev–Trinajstić information content (AvgIpc) is 3.33. The Morgan fingerprint density at radius 1 is 1.07 bits per heavy atom. The second-order valence-corrected chi connectivity index (χ2v) is 8.99. The molecule has 2 aliphatic rings. The summed E-state index contributed by atoms with van der Waals surface area (Å²) in [6.07, 6.45) is 2.55. The molecule has 0 radical (unpaired) electrons. The van der Waals surface area contributed by atoms with Crippen LogP contribution in [0.1, 0.15) is 45.7 Å². The van der Waals surface area contributed by atoms with E-state index < -0.39 is 0 Å². The lowest BCUT2D eigenvalue weighted by molar-refractivity contribution is 0.0841. The van der Waals surface area contributed by atoms with Crippen LogP contribution in [0.15, 0.2) is 30.3 Å². The first-order chi connectivity index (χ1) is 14.5. The minimum Gasteiger partial charge on any atom is -0.376 e. The number of benzene rings is 1. The number of aromatic nitrogens is 1. The number of rotatable bonds is 7. The zero-order valence-electron chi connectivity index (χ0n) is 18.7. The van der Waals surface area contributed by atoms with E-state index in [0.717, 1.165) is 75.7 Å². The van der Waals surface area contributed by atoms with E-state index in [9.17, 15) is 4.79 Å². The largest absolute Gasteiger partial charge is 0.376 e. The van der Waals surface area contributed by atoms with Crippen molar-refractivity contribution in [3.63, 3.8) is 0 Å². The fourth-order valence-electron chi connectivity index (χ4n) is 4.82. The van der Waals surface area contributed by atoms with E-state index in [1.807, 2.05) is 0 Å². The molecule has 5 heteroatoms. The number of hydrogen-bond acceptors (Lipinski definition) is 4. The van der Waals surface area contributed by atoms with Crippen LogP contribution in [0.25, 0.3) is 0 Å². The number of carbonyl (C=O) groups is 1. The quantitative estimate of drug-likeness (QED) is 0.655. The predicted molar refractivity (Wildman–Crippen MR) is 120 cm³/mol. The van der Waals surface area contributed by atoms with Crippen molar-refractivity contribution in [3.8, 4) is 0 Å². The molecule has 2 aliphatic heterocycles. The summed E-state index contributed by atoms with van der Waals surface area (Å²) >= 11 is 0. The van der Waals surface area contributed by atoms with Crippen LogP contribution in [0.4, 0.5) is 0 Å². The Morgan fingerprint density at radius 2 is 1.83 bits per heavy atom. The summed E-state index contributed by atoms with van der Waals surface area (Å²) in [6.45, 7) is 13.5. The predicted octanol–water partition coefficient (Wildman–Crippen LogP) is 3.59. The third kappa shape index (κ3) is 5.02. The van der Waals surface area contributed by atoms with Gasteiger partial charge in [0.05, 0.1) is 12.6 Å². The van der Waals surface area contributed by atoms with Crippen LogP contribution in [0, 0.1) is 20.8 Å². The molecule has 1 aromatic carbocycles. The van der Waals surface area contributed by atoms with Crippen molar-refractivity contribution in [2.24, 2.45) is 0 Å². The van der Waals surface area contributed by atoms with E-state index in [1.54, 1.807) is 0 Å². The Hall–Kier alpha value is -1.95. The monoisotopic (exact) mass is 409 g/mol. The summed E-state index contributed by atoms with van der Waals surface area (Å²) in [5, 5.41) is 0. The SMILES string of the molecule is Cc1cccc(CN2CCN(CC(=O)c3cc(C)n(C[C@H]4CCCO4)c3C)CC2)c1. The Bertz CT molecular complexity index is 875. The van der Waals surface area contributed by atoms with Gasteiger partial charge in [0.1, 0.15) is 0 Å². The first-order valence-electron chi connectivity index (χ1n) is 11.3. The van der Waals surface area contributed by atoms with Gasteiger partial charge in [0.25, 0.3) is 0 Å². The van der Waals surface area contributed by atoms with Crippen LogP contribution in [-0.2, 0) is 17.8 Å². The minimum atomic E-state index is 0.244. The van der Waals surface area contributed by atoms with Crippen molar-refractivity contribution in [1.29, 1.82) is 0 Å². The van der Waals surface area contributed by atoms with Crippen LogP contribution in [0.2, 0.25) is 0 Å². The van der Waals surface area contributed by atoms with Crippen molar-refractivity contribution in [2.45, 2.75) is 52.8 Å². The average molecular weight is 410 g/mol. The summed E-state index contributed by atoms with van der Waals surface area (Å²) in [5.41, 5.74) is 5.82.